The Morgan fingerprint density at radius 3 is 1.95 bits per heavy atom. The van der Waals surface area contributed by atoms with E-state index in [0.29, 0.717) is 0 Å². The Labute approximate surface area is 117 Å². The second-order valence-corrected chi connectivity index (χ2v) is 6.45. The molecule has 0 aliphatic heterocycles. The van der Waals surface area contributed by atoms with Crippen molar-refractivity contribution in [3.05, 3.63) is 64.7 Å². The molecule has 1 atom stereocenters. The zero-order valence-electron chi connectivity index (χ0n) is 10.1. The number of rotatable bonds is 5. The predicted octanol–water partition coefficient (Wildman–Crippen LogP) is 1.91. The molecule has 0 saturated carbocycles. The molecule has 7 nitrogen and oxygen atoms in total. The molecule has 8 heteroatoms. The van der Waals surface area contributed by atoms with Crippen LogP contribution in [0.1, 0.15) is 0 Å². The summed E-state index contributed by atoms with van der Waals surface area (Å²) in [7, 11) is 0. The molecule has 2 aromatic rings. The molecule has 1 N–H and O–H groups in total. The van der Waals surface area contributed by atoms with E-state index in [4.69, 9.17) is 7.45 Å². The molecule has 0 heterocycles. The van der Waals surface area contributed by atoms with Gasteiger partial charge in [-0.3, -0.25) is 0 Å². The fourth-order valence-corrected chi connectivity index (χ4v) is 3.10. The van der Waals surface area contributed by atoms with Gasteiger partial charge in [-0.25, -0.2) is 0 Å². The summed E-state index contributed by atoms with van der Waals surface area (Å²) in [6.45, 7) is 0. The van der Waals surface area contributed by atoms with Gasteiger partial charge in [-0.15, -0.1) is 0 Å². The summed E-state index contributed by atoms with van der Waals surface area (Å²) in [5, 5.41) is 10.5. The van der Waals surface area contributed by atoms with E-state index < -0.39 is 19.4 Å². The Bertz CT molecular complexity index is 643. The molecule has 0 radical (unpaired) electrons. The zero-order chi connectivity index (χ0) is 14.6. The number of nitrogens with zero attached hydrogens (tertiary/aromatic N) is 1. The first-order valence-corrected chi connectivity index (χ1v) is 8.61. The van der Waals surface area contributed by atoms with Gasteiger partial charge in [-0.2, -0.15) is 0 Å². The summed E-state index contributed by atoms with van der Waals surface area (Å²) in [4.78, 5) is 9.90. The van der Waals surface area contributed by atoms with E-state index in [2.05, 4.69) is 0 Å². The van der Waals surface area contributed by atoms with Crippen molar-refractivity contribution in [2.75, 3.05) is 0 Å². The van der Waals surface area contributed by atoms with Crippen molar-refractivity contribution >= 4 is 20.2 Å². The van der Waals surface area contributed by atoms with E-state index in [-0.39, 0.29) is 17.2 Å². The Kier molecular flexibility index (Phi) is 4.12. The second kappa shape index (κ2) is 5.81. The monoisotopic (exact) mass is 339 g/mol. The molecule has 1 unspecified atom stereocenters. The van der Waals surface area contributed by atoms with Crippen LogP contribution in [0.25, 0.3) is 0 Å². The van der Waals surface area contributed by atoms with Crippen molar-refractivity contribution in [1.29, 1.82) is 0 Å². The molecule has 20 heavy (non-hydrogen) atoms. The average Bonchev–Trinajstić information content (AvgIpc) is 2.39. The third-order valence-electron chi connectivity index (χ3n) is 2.23. The van der Waals surface area contributed by atoms with Gasteiger partial charge in [-0.05, 0) is 0 Å². The molecule has 0 aliphatic rings. The molecule has 0 aliphatic carbocycles. The maximum absolute atomic E-state index is 11.8. The van der Waals surface area contributed by atoms with Crippen molar-refractivity contribution in [2.24, 2.45) is 0 Å². The van der Waals surface area contributed by atoms with E-state index in [0.717, 1.165) is 0 Å². The molecular weight excluding hydrogens is 329 g/mol. The molecule has 2 aromatic carbocycles. The summed E-state index contributed by atoms with van der Waals surface area (Å²) in [6.07, 6.45) is 0. The Hall–Kier alpha value is -2.24. The number of nitro benzene ring substituents is 1. The Balaban J connectivity index is 2.08. The predicted molar refractivity (Wildman–Crippen MR) is 69.5 cm³/mol. The van der Waals surface area contributed by atoms with Gasteiger partial charge in [0, 0.05) is 0 Å². The summed E-state index contributed by atoms with van der Waals surface area (Å²) in [5.41, 5.74) is -0.138. The normalized spacial score (nSPS) is 13.2. The number of hydrogen-bond donors (Lipinski definition) is 1. The molecule has 0 bridgehead atoms. The fraction of sp³-hybridized carbons (Fsp3) is 0. The Morgan fingerprint density at radius 1 is 0.950 bits per heavy atom. The van der Waals surface area contributed by atoms with Gasteiger partial charge in [0.2, 0.25) is 0 Å². The first-order valence-electron chi connectivity index (χ1n) is 5.48. The van der Waals surface area contributed by atoms with Gasteiger partial charge in [-0.1, -0.05) is 0 Å². The van der Waals surface area contributed by atoms with E-state index >= 15 is 0 Å². The number of non-ortho nitro benzene ring substituents is 1. The molecule has 2 rings (SSSR count). The van der Waals surface area contributed by atoms with Crippen LogP contribution in [-0.4, -0.2) is 23.5 Å². The van der Waals surface area contributed by atoms with E-state index in [9.17, 15) is 17.9 Å². The standard InChI is InChI=1S/C12H10AsNO6/c15-13(16,19-11-4-2-1-3-5-11)20-12-8-6-10(7-9-12)14(17)18/h1-9H,(H,15,16). The molecular formula is C12H10AsNO6. The van der Waals surface area contributed by atoms with Crippen LogP contribution < -0.4 is 7.45 Å². The van der Waals surface area contributed by atoms with Crippen molar-refractivity contribution in [2.45, 2.75) is 0 Å². The van der Waals surface area contributed by atoms with Gasteiger partial charge in [0.1, 0.15) is 0 Å². The Morgan fingerprint density at radius 2 is 1.45 bits per heavy atom. The molecule has 0 amide bonds. The van der Waals surface area contributed by atoms with E-state index in [1.54, 1.807) is 18.2 Å². The average molecular weight is 339 g/mol. The maximum atomic E-state index is 11.8. The van der Waals surface area contributed by atoms with E-state index in [1.807, 2.05) is 0 Å². The van der Waals surface area contributed by atoms with Crippen LogP contribution in [0.5, 0.6) is 11.5 Å². The quantitative estimate of drug-likeness (QED) is 0.508. The minimum atomic E-state index is -5.01. The summed E-state index contributed by atoms with van der Waals surface area (Å²) in [6, 6.07) is 12.9. The van der Waals surface area contributed by atoms with Gasteiger partial charge in [0.15, 0.2) is 0 Å². The van der Waals surface area contributed by atoms with Crippen molar-refractivity contribution < 1.29 is 20.2 Å². The summed E-state index contributed by atoms with van der Waals surface area (Å²) < 4.78 is 31.2. The molecule has 0 saturated heterocycles. The number of para-hydroxylation sites is 1. The minimum absolute atomic E-state index is 0.0246. The van der Waals surface area contributed by atoms with Crippen LogP contribution in [0.2, 0.25) is 0 Å². The SMILES string of the molecule is O=[N+]([O-])c1ccc(O[As](=O)(O)Oc2ccccc2)cc1. The van der Waals surface area contributed by atoms with Crippen molar-refractivity contribution in [3.63, 3.8) is 0 Å². The third-order valence-corrected chi connectivity index (χ3v) is 4.09. The topological polar surface area (TPSA) is 98.9 Å². The van der Waals surface area contributed by atoms with Gasteiger partial charge in [0.25, 0.3) is 0 Å². The molecule has 0 spiro atoms. The van der Waals surface area contributed by atoms with Gasteiger partial charge < -0.3 is 0 Å². The van der Waals surface area contributed by atoms with Crippen LogP contribution in [0, 0.1) is 10.1 Å². The van der Waals surface area contributed by atoms with Crippen molar-refractivity contribution in [3.8, 4) is 11.5 Å². The first-order chi connectivity index (χ1) is 9.46. The van der Waals surface area contributed by atoms with Crippen LogP contribution in [-0.2, 0) is 3.74 Å². The van der Waals surface area contributed by atoms with Crippen LogP contribution in [0.3, 0.4) is 0 Å². The number of hydrogen-bond acceptors (Lipinski definition) is 5. The van der Waals surface area contributed by atoms with Crippen LogP contribution >= 0.6 is 0 Å². The second-order valence-electron chi connectivity index (χ2n) is 3.72. The summed E-state index contributed by atoms with van der Waals surface area (Å²) >= 11 is -5.01. The third kappa shape index (κ3) is 3.88. The van der Waals surface area contributed by atoms with E-state index in [1.165, 1.54) is 36.4 Å². The molecule has 0 aromatic heterocycles. The van der Waals surface area contributed by atoms with Gasteiger partial charge >= 0.3 is 117 Å². The number of benzene rings is 2. The molecule has 104 valence electrons. The number of nitro groups is 1. The summed E-state index contributed by atoms with van der Waals surface area (Å²) in [5.74, 6) is 0.232. The van der Waals surface area contributed by atoms with Crippen molar-refractivity contribution in [1.82, 2.24) is 0 Å². The first kappa shape index (κ1) is 14.2. The zero-order valence-corrected chi connectivity index (χ0v) is 12.0. The van der Waals surface area contributed by atoms with Crippen LogP contribution in [0.4, 0.5) is 5.69 Å². The molecule has 0 fully saturated rings. The van der Waals surface area contributed by atoms with Gasteiger partial charge in [0.05, 0.1) is 0 Å². The van der Waals surface area contributed by atoms with Crippen LogP contribution in [0.15, 0.2) is 54.6 Å². The fourth-order valence-electron chi connectivity index (χ4n) is 1.40.